The molecule has 0 spiro atoms. The van der Waals surface area contributed by atoms with Crippen LogP contribution in [-0.4, -0.2) is 26.8 Å². The topological polar surface area (TPSA) is 21.3 Å². The molecular formula is C12H15ClNO-. The van der Waals surface area contributed by atoms with E-state index in [-0.39, 0.29) is 12.4 Å². The van der Waals surface area contributed by atoms with E-state index in [0.717, 1.165) is 18.7 Å². The molecule has 0 bridgehead atoms. The number of halogens is 1. The van der Waals surface area contributed by atoms with Gasteiger partial charge in [-0.15, -0.1) is 0 Å². The Morgan fingerprint density at radius 1 is 1.27 bits per heavy atom. The van der Waals surface area contributed by atoms with Crippen LogP contribution in [0.2, 0.25) is 0 Å². The fourth-order valence-electron chi connectivity index (χ4n) is 0.993. The third-order valence-corrected chi connectivity index (χ3v) is 1.70. The van der Waals surface area contributed by atoms with Gasteiger partial charge in [0, 0.05) is 19.2 Å². The molecule has 82 valence electrons. The maximum atomic E-state index is 4.90. The van der Waals surface area contributed by atoms with E-state index >= 15 is 0 Å². The minimum atomic E-state index is 0. The maximum absolute atomic E-state index is 4.90. The average molecular weight is 225 g/mol. The van der Waals surface area contributed by atoms with E-state index in [1.807, 2.05) is 30.3 Å². The molecule has 0 fully saturated rings. The van der Waals surface area contributed by atoms with E-state index in [2.05, 4.69) is 17.2 Å². The highest BCUT2D eigenvalue weighted by atomic mass is 35.5. The molecule has 0 radical (unpaired) electrons. The van der Waals surface area contributed by atoms with E-state index in [0.29, 0.717) is 6.54 Å². The molecule has 2 nitrogen and oxygen atoms in total. The van der Waals surface area contributed by atoms with Crippen molar-refractivity contribution in [3.63, 3.8) is 0 Å². The van der Waals surface area contributed by atoms with Crippen LogP contribution in [0.25, 0.3) is 0 Å². The number of hydrogen-bond acceptors (Lipinski definition) is 2. The van der Waals surface area contributed by atoms with Crippen LogP contribution in [0.1, 0.15) is 5.56 Å². The third kappa shape index (κ3) is 6.98. The van der Waals surface area contributed by atoms with Crippen molar-refractivity contribution in [1.82, 2.24) is 5.32 Å². The van der Waals surface area contributed by atoms with Crippen LogP contribution >= 0.6 is 0 Å². The Balaban J connectivity index is 0.00000196. The Hall–Kier alpha value is -1.01. The minimum absolute atomic E-state index is 0. The van der Waals surface area contributed by atoms with E-state index in [9.17, 15) is 0 Å². The standard InChI is InChI=1S/C12H15NO.ClH/c1-14-11-10-13-9-5-8-12-6-3-2-4-7-12;/h2-4,6-7,13H,9-11H2,1H3;1H/p-1. The minimum Gasteiger partial charge on any atom is -1.00 e. The van der Waals surface area contributed by atoms with Crippen LogP contribution in [-0.2, 0) is 4.74 Å². The fraction of sp³-hybridized carbons (Fsp3) is 0.333. The summed E-state index contributed by atoms with van der Waals surface area (Å²) in [5, 5.41) is 3.16. The molecule has 0 unspecified atom stereocenters. The molecule has 1 aromatic rings. The zero-order valence-electron chi connectivity index (χ0n) is 8.79. The van der Waals surface area contributed by atoms with Crippen molar-refractivity contribution < 1.29 is 17.1 Å². The molecular weight excluding hydrogens is 210 g/mol. The van der Waals surface area contributed by atoms with Gasteiger partial charge in [0.2, 0.25) is 0 Å². The van der Waals surface area contributed by atoms with Crippen molar-refractivity contribution in [2.24, 2.45) is 0 Å². The van der Waals surface area contributed by atoms with Crippen LogP contribution < -0.4 is 17.7 Å². The number of rotatable bonds is 4. The quantitative estimate of drug-likeness (QED) is 0.485. The number of benzene rings is 1. The van der Waals surface area contributed by atoms with Crippen LogP contribution in [0, 0.1) is 11.8 Å². The first-order valence-electron chi connectivity index (χ1n) is 4.67. The van der Waals surface area contributed by atoms with Gasteiger partial charge in [-0.05, 0) is 12.1 Å². The predicted molar refractivity (Wildman–Crippen MR) is 58.1 cm³/mol. The highest BCUT2D eigenvalue weighted by molar-refractivity contribution is 5.33. The Kier molecular flexibility index (Phi) is 8.90. The molecule has 3 heteroatoms. The Bertz CT molecular complexity index is 302. The molecule has 0 saturated heterocycles. The normalized spacial score (nSPS) is 8.60. The molecule has 0 saturated carbocycles. The number of ether oxygens (including phenoxy) is 1. The summed E-state index contributed by atoms with van der Waals surface area (Å²) in [4.78, 5) is 0. The lowest BCUT2D eigenvalue weighted by Crippen LogP contribution is -3.00. The third-order valence-electron chi connectivity index (χ3n) is 1.70. The fourth-order valence-corrected chi connectivity index (χ4v) is 0.993. The molecule has 0 amide bonds. The summed E-state index contributed by atoms with van der Waals surface area (Å²) in [5.74, 6) is 6.11. The van der Waals surface area contributed by atoms with Gasteiger partial charge in [-0.25, -0.2) is 0 Å². The van der Waals surface area contributed by atoms with Gasteiger partial charge in [-0.1, -0.05) is 30.0 Å². The number of hydrogen-bond donors (Lipinski definition) is 1. The largest absolute Gasteiger partial charge is 1.00 e. The molecule has 0 aliphatic carbocycles. The van der Waals surface area contributed by atoms with Gasteiger partial charge in [0.15, 0.2) is 0 Å². The number of nitrogens with one attached hydrogen (secondary N) is 1. The summed E-state index contributed by atoms with van der Waals surface area (Å²) in [6, 6.07) is 9.97. The second-order valence-electron chi connectivity index (χ2n) is 2.84. The lowest BCUT2D eigenvalue weighted by atomic mass is 10.2. The first-order chi connectivity index (χ1) is 6.93. The SMILES string of the molecule is COCCNCC#Cc1ccccc1.[Cl-]. The van der Waals surface area contributed by atoms with E-state index in [1.165, 1.54) is 0 Å². The lowest BCUT2D eigenvalue weighted by Gasteiger charge is -1.96. The predicted octanol–water partition coefficient (Wildman–Crippen LogP) is -1.72. The van der Waals surface area contributed by atoms with Crippen molar-refractivity contribution >= 4 is 0 Å². The molecule has 0 aromatic heterocycles. The van der Waals surface area contributed by atoms with E-state index < -0.39 is 0 Å². The van der Waals surface area contributed by atoms with Crippen molar-refractivity contribution in [3.05, 3.63) is 35.9 Å². The summed E-state index contributed by atoms with van der Waals surface area (Å²) < 4.78 is 4.90. The van der Waals surface area contributed by atoms with Crippen LogP contribution in [0.5, 0.6) is 0 Å². The van der Waals surface area contributed by atoms with Crippen LogP contribution in [0.15, 0.2) is 30.3 Å². The Labute approximate surface area is 97.4 Å². The van der Waals surface area contributed by atoms with Gasteiger partial charge in [0.05, 0.1) is 13.2 Å². The van der Waals surface area contributed by atoms with Gasteiger partial charge < -0.3 is 22.5 Å². The molecule has 15 heavy (non-hydrogen) atoms. The summed E-state index contributed by atoms with van der Waals surface area (Å²) in [6.07, 6.45) is 0. The summed E-state index contributed by atoms with van der Waals surface area (Å²) >= 11 is 0. The lowest BCUT2D eigenvalue weighted by molar-refractivity contribution is -0.00000320. The maximum Gasteiger partial charge on any atom is 0.0587 e. The summed E-state index contributed by atoms with van der Waals surface area (Å²) in [6.45, 7) is 2.28. The first kappa shape index (κ1) is 14.0. The Morgan fingerprint density at radius 3 is 2.67 bits per heavy atom. The molecule has 0 aliphatic heterocycles. The van der Waals surface area contributed by atoms with Gasteiger partial charge in [-0.2, -0.15) is 0 Å². The highest BCUT2D eigenvalue weighted by Crippen LogP contribution is 1.93. The molecule has 1 aromatic carbocycles. The van der Waals surface area contributed by atoms with Gasteiger partial charge in [0.25, 0.3) is 0 Å². The second-order valence-corrected chi connectivity index (χ2v) is 2.84. The van der Waals surface area contributed by atoms with Crippen molar-refractivity contribution in [1.29, 1.82) is 0 Å². The first-order valence-corrected chi connectivity index (χ1v) is 4.67. The molecule has 0 aliphatic rings. The van der Waals surface area contributed by atoms with E-state index in [1.54, 1.807) is 7.11 Å². The Morgan fingerprint density at radius 2 is 2.00 bits per heavy atom. The van der Waals surface area contributed by atoms with Crippen molar-refractivity contribution in [2.75, 3.05) is 26.8 Å². The zero-order chi connectivity index (χ0) is 10.1. The summed E-state index contributed by atoms with van der Waals surface area (Å²) in [7, 11) is 1.69. The monoisotopic (exact) mass is 224 g/mol. The van der Waals surface area contributed by atoms with Crippen LogP contribution in [0.3, 0.4) is 0 Å². The van der Waals surface area contributed by atoms with Crippen molar-refractivity contribution in [2.45, 2.75) is 0 Å². The second kappa shape index (κ2) is 9.54. The van der Waals surface area contributed by atoms with Crippen LogP contribution in [0.4, 0.5) is 0 Å². The average Bonchev–Trinajstić information content (AvgIpc) is 2.25. The highest BCUT2D eigenvalue weighted by Gasteiger charge is 1.82. The van der Waals surface area contributed by atoms with Gasteiger partial charge >= 0.3 is 0 Å². The van der Waals surface area contributed by atoms with Gasteiger partial charge in [-0.3, -0.25) is 0 Å². The molecule has 1 N–H and O–H groups in total. The molecule has 1 rings (SSSR count). The van der Waals surface area contributed by atoms with Crippen molar-refractivity contribution in [3.8, 4) is 11.8 Å². The molecule has 0 atom stereocenters. The summed E-state index contributed by atoms with van der Waals surface area (Å²) in [5.41, 5.74) is 1.06. The van der Waals surface area contributed by atoms with E-state index in [4.69, 9.17) is 4.74 Å². The smallest absolute Gasteiger partial charge is 0.0587 e. The zero-order valence-corrected chi connectivity index (χ0v) is 9.55. The van der Waals surface area contributed by atoms with Gasteiger partial charge in [0.1, 0.15) is 0 Å². The number of methoxy groups -OCH3 is 1. The molecule has 0 heterocycles.